The third kappa shape index (κ3) is 3.29. The summed E-state index contributed by atoms with van der Waals surface area (Å²) in [5.74, 6) is -1.04. The van der Waals surface area contributed by atoms with E-state index in [9.17, 15) is 14.4 Å². The van der Waals surface area contributed by atoms with Crippen LogP contribution < -0.4 is 10.9 Å². The number of hydrogen-bond donors (Lipinski definition) is 2. The van der Waals surface area contributed by atoms with E-state index in [1.807, 2.05) is 40.8 Å². The lowest BCUT2D eigenvalue weighted by atomic mass is 10.1. The fourth-order valence-corrected chi connectivity index (χ4v) is 4.29. The van der Waals surface area contributed by atoms with Crippen LogP contribution in [-0.2, 0) is 16.6 Å². The highest BCUT2D eigenvalue weighted by Crippen LogP contribution is 2.29. The number of hydrazine groups is 1. The van der Waals surface area contributed by atoms with E-state index in [4.69, 9.17) is 0 Å². The van der Waals surface area contributed by atoms with Gasteiger partial charge in [-0.25, -0.2) is 0 Å². The molecule has 1 aliphatic carbocycles. The molecular formula is C20H24N4O3. The van der Waals surface area contributed by atoms with Gasteiger partial charge in [0.1, 0.15) is 0 Å². The van der Waals surface area contributed by atoms with Crippen LogP contribution in [0.5, 0.6) is 0 Å². The molecule has 1 aromatic carbocycles. The predicted octanol–water partition coefficient (Wildman–Crippen LogP) is 1.73. The summed E-state index contributed by atoms with van der Waals surface area (Å²) in [5.41, 5.74) is 6.45. The first-order chi connectivity index (χ1) is 13.0. The van der Waals surface area contributed by atoms with Crippen LogP contribution >= 0.6 is 0 Å². The van der Waals surface area contributed by atoms with Crippen LogP contribution in [0.25, 0.3) is 10.9 Å². The molecule has 7 nitrogen and oxygen atoms in total. The normalized spacial score (nSPS) is 20.4. The average Bonchev–Trinajstić information content (AvgIpc) is 3.39. The molecule has 0 radical (unpaired) electrons. The Morgan fingerprint density at radius 2 is 1.85 bits per heavy atom. The van der Waals surface area contributed by atoms with Crippen molar-refractivity contribution >= 4 is 28.6 Å². The van der Waals surface area contributed by atoms with Crippen molar-refractivity contribution in [3.8, 4) is 0 Å². The second-order valence-corrected chi connectivity index (χ2v) is 7.50. The second kappa shape index (κ2) is 7.06. The molecule has 27 heavy (non-hydrogen) atoms. The topological polar surface area (TPSA) is 83.4 Å². The van der Waals surface area contributed by atoms with Gasteiger partial charge < -0.3 is 9.47 Å². The maximum atomic E-state index is 12.5. The molecule has 1 aliphatic heterocycles. The zero-order valence-electron chi connectivity index (χ0n) is 15.4. The fraction of sp³-hybridized carbons (Fsp3) is 0.450. The van der Waals surface area contributed by atoms with Crippen molar-refractivity contribution in [2.45, 2.75) is 38.1 Å². The average molecular weight is 368 g/mol. The van der Waals surface area contributed by atoms with E-state index >= 15 is 0 Å². The molecule has 1 saturated heterocycles. The summed E-state index contributed by atoms with van der Waals surface area (Å²) >= 11 is 0. The number of aryl methyl sites for hydroxylation is 1. The van der Waals surface area contributed by atoms with Gasteiger partial charge in [0.2, 0.25) is 11.8 Å². The van der Waals surface area contributed by atoms with Crippen LogP contribution in [-0.4, -0.2) is 39.8 Å². The zero-order chi connectivity index (χ0) is 19.0. The summed E-state index contributed by atoms with van der Waals surface area (Å²) in [6.07, 6.45) is 6.30. The zero-order valence-corrected chi connectivity index (χ0v) is 15.4. The van der Waals surface area contributed by atoms with Crippen molar-refractivity contribution in [2.24, 2.45) is 13.0 Å². The van der Waals surface area contributed by atoms with Crippen molar-refractivity contribution in [3.05, 3.63) is 36.0 Å². The van der Waals surface area contributed by atoms with Crippen molar-refractivity contribution in [2.75, 3.05) is 6.54 Å². The van der Waals surface area contributed by atoms with Gasteiger partial charge in [0.25, 0.3) is 5.91 Å². The van der Waals surface area contributed by atoms with Crippen LogP contribution in [0.2, 0.25) is 0 Å². The van der Waals surface area contributed by atoms with Gasteiger partial charge in [-0.15, -0.1) is 0 Å². The molecular weight excluding hydrogens is 344 g/mol. The molecule has 0 spiro atoms. The maximum Gasteiger partial charge on any atom is 0.271 e. The molecule has 4 rings (SSSR count). The number of carbonyl (C=O) groups excluding carboxylic acids is 3. The molecule has 0 bridgehead atoms. The van der Waals surface area contributed by atoms with E-state index in [2.05, 4.69) is 10.9 Å². The minimum Gasteiger partial charge on any atom is -0.350 e. The number of amides is 3. The lowest BCUT2D eigenvalue weighted by Gasteiger charge is -2.23. The number of para-hydroxylation sites is 1. The molecule has 2 heterocycles. The number of carbonyl (C=O) groups is 3. The fourth-order valence-electron chi connectivity index (χ4n) is 4.29. The van der Waals surface area contributed by atoms with Gasteiger partial charge in [-0.1, -0.05) is 31.0 Å². The molecule has 1 atom stereocenters. The van der Waals surface area contributed by atoms with E-state index in [1.54, 1.807) is 6.20 Å². The summed E-state index contributed by atoms with van der Waals surface area (Å²) < 4.78 is 1.88. The standard InChI is InChI=1S/C20H24N4O3/c1-23-12-16(15-8-4-5-9-17(15)23)20(27)22-21-19(26)13-10-18(25)24(11-13)14-6-2-3-7-14/h4-5,8-9,12-14H,2-3,6-7,10-11H2,1H3,(H,21,26)(H,22,27). The van der Waals surface area contributed by atoms with Crippen LogP contribution in [0.15, 0.2) is 30.5 Å². The quantitative estimate of drug-likeness (QED) is 0.810. The Labute approximate surface area is 157 Å². The number of nitrogens with one attached hydrogen (secondary N) is 2. The van der Waals surface area contributed by atoms with Gasteiger partial charge >= 0.3 is 0 Å². The van der Waals surface area contributed by atoms with Crippen molar-refractivity contribution in [3.63, 3.8) is 0 Å². The van der Waals surface area contributed by atoms with Gasteiger partial charge in [0, 0.05) is 43.2 Å². The summed E-state index contributed by atoms with van der Waals surface area (Å²) in [6, 6.07) is 7.88. The second-order valence-electron chi connectivity index (χ2n) is 7.50. The Morgan fingerprint density at radius 3 is 2.63 bits per heavy atom. The highest BCUT2D eigenvalue weighted by molar-refractivity contribution is 6.07. The Morgan fingerprint density at radius 1 is 1.11 bits per heavy atom. The van der Waals surface area contributed by atoms with Gasteiger partial charge in [-0.2, -0.15) is 0 Å². The largest absolute Gasteiger partial charge is 0.350 e. The summed E-state index contributed by atoms with van der Waals surface area (Å²) in [5, 5.41) is 0.829. The minimum atomic E-state index is -0.411. The van der Waals surface area contributed by atoms with Gasteiger partial charge in [0.05, 0.1) is 11.5 Å². The molecule has 2 fully saturated rings. The van der Waals surface area contributed by atoms with Crippen molar-refractivity contribution < 1.29 is 14.4 Å². The number of hydrogen-bond acceptors (Lipinski definition) is 3. The molecule has 1 unspecified atom stereocenters. The van der Waals surface area contributed by atoms with E-state index in [0.29, 0.717) is 12.1 Å². The predicted molar refractivity (Wildman–Crippen MR) is 101 cm³/mol. The lowest BCUT2D eigenvalue weighted by molar-refractivity contribution is -0.130. The van der Waals surface area contributed by atoms with Crippen LogP contribution in [0.3, 0.4) is 0 Å². The molecule has 2 aliphatic rings. The Balaban J connectivity index is 1.37. The number of aromatic nitrogens is 1. The molecule has 2 N–H and O–H groups in total. The number of benzene rings is 1. The van der Waals surface area contributed by atoms with Crippen LogP contribution in [0.1, 0.15) is 42.5 Å². The summed E-state index contributed by atoms with van der Waals surface area (Å²) in [4.78, 5) is 39.1. The molecule has 142 valence electrons. The summed E-state index contributed by atoms with van der Waals surface area (Å²) in [6.45, 7) is 0.444. The molecule has 7 heteroatoms. The Hall–Kier alpha value is -2.83. The monoisotopic (exact) mass is 368 g/mol. The van der Waals surface area contributed by atoms with Gasteiger partial charge in [-0.05, 0) is 18.9 Å². The highest BCUT2D eigenvalue weighted by atomic mass is 16.2. The van der Waals surface area contributed by atoms with Crippen molar-refractivity contribution in [1.29, 1.82) is 0 Å². The third-order valence-electron chi connectivity index (χ3n) is 5.74. The number of fused-ring (bicyclic) bond motifs is 1. The van der Waals surface area contributed by atoms with E-state index in [1.165, 1.54) is 0 Å². The highest BCUT2D eigenvalue weighted by Gasteiger charge is 2.38. The number of likely N-dealkylation sites (tertiary alicyclic amines) is 1. The SMILES string of the molecule is Cn1cc(C(=O)NNC(=O)C2CC(=O)N(C3CCCC3)C2)c2ccccc21. The Bertz CT molecular complexity index is 898. The van der Waals surface area contributed by atoms with E-state index in [0.717, 1.165) is 36.6 Å². The van der Waals surface area contributed by atoms with E-state index in [-0.39, 0.29) is 30.2 Å². The van der Waals surface area contributed by atoms with E-state index < -0.39 is 5.92 Å². The smallest absolute Gasteiger partial charge is 0.271 e. The molecule has 1 aromatic heterocycles. The Kier molecular flexibility index (Phi) is 4.59. The first-order valence-electron chi connectivity index (χ1n) is 9.48. The first kappa shape index (κ1) is 17.6. The number of rotatable bonds is 3. The molecule has 1 saturated carbocycles. The minimum absolute atomic E-state index is 0.0439. The van der Waals surface area contributed by atoms with Crippen molar-refractivity contribution in [1.82, 2.24) is 20.3 Å². The first-order valence-corrected chi connectivity index (χ1v) is 9.48. The van der Waals surface area contributed by atoms with Gasteiger partial charge in [-0.3, -0.25) is 25.2 Å². The summed E-state index contributed by atoms with van der Waals surface area (Å²) in [7, 11) is 1.87. The molecule has 2 aromatic rings. The number of nitrogens with zero attached hydrogens (tertiary/aromatic N) is 2. The van der Waals surface area contributed by atoms with Gasteiger partial charge in [0.15, 0.2) is 0 Å². The maximum absolute atomic E-state index is 12.5. The van der Waals surface area contributed by atoms with Crippen LogP contribution in [0.4, 0.5) is 0 Å². The molecule has 3 amide bonds. The van der Waals surface area contributed by atoms with Crippen LogP contribution in [0, 0.1) is 5.92 Å². The third-order valence-corrected chi connectivity index (χ3v) is 5.74. The lowest BCUT2D eigenvalue weighted by Crippen LogP contribution is -2.45.